The van der Waals surface area contributed by atoms with E-state index in [2.05, 4.69) is 0 Å². The van der Waals surface area contributed by atoms with Gasteiger partial charge in [0.05, 0.1) is 10.6 Å². The van der Waals surface area contributed by atoms with Crippen LogP contribution in [-0.4, -0.2) is 30.0 Å². The predicted molar refractivity (Wildman–Crippen MR) is 79.9 cm³/mol. The van der Waals surface area contributed by atoms with E-state index in [1.807, 2.05) is 0 Å². The molecule has 20 heavy (non-hydrogen) atoms. The molecule has 6 nitrogen and oxygen atoms in total. The van der Waals surface area contributed by atoms with Crippen LogP contribution in [0.4, 0.5) is 5.69 Å². The number of nitro groups is 1. The van der Waals surface area contributed by atoms with Crippen LogP contribution in [0.5, 0.6) is 0 Å². The average molecular weight is 335 g/mol. The van der Waals surface area contributed by atoms with Crippen LogP contribution in [0.2, 0.25) is 0 Å². The van der Waals surface area contributed by atoms with E-state index in [-0.39, 0.29) is 0 Å². The molecule has 1 heterocycles. The summed E-state index contributed by atoms with van der Waals surface area (Å²) in [5.74, 6) is 0. The normalized spacial score (nSPS) is 25.6. The molecule has 2 atom stereocenters. The third kappa shape index (κ3) is 2.07. The minimum absolute atomic E-state index is 0.338. The highest BCUT2D eigenvalue weighted by Crippen LogP contribution is 2.46. The molecule has 2 unspecified atom stereocenters. The molecule has 0 amide bonds. The SMILES string of the molecule is CN(c1ccccc1)S(=O)(=O)C1([N+](=O)[O-])SC=CC1Cl. The maximum Gasteiger partial charge on any atom is 0.405 e. The van der Waals surface area contributed by atoms with Crippen molar-refractivity contribution < 1.29 is 13.3 Å². The Morgan fingerprint density at radius 1 is 1.40 bits per heavy atom. The number of sulfonamides is 1. The highest BCUT2D eigenvalue weighted by molar-refractivity contribution is 8.16. The van der Waals surface area contributed by atoms with Gasteiger partial charge in [0.25, 0.3) is 0 Å². The molecular weight excluding hydrogens is 324 g/mol. The van der Waals surface area contributed by atoms with E-state index < -0.39 is 24.5 Å². The lowest BCUT2D eigenvalue weighted by molar-refractivity contribution is -0.509. The van der Waals surface area contributed by atoms with Crippen molar-refractivity contribution in [2.24, 2.45) is 0 Å². The number of hydrogen-bond donors (Lipinski definition) is 0. The first-order chi connectivity index (χ1) is 9.34. The number of anilines is 1. The molecule has 0 bridgehead atoms. The number of alkyl halides is 1. The summed E-state index contributed by atoms with van der Waals surface area (Å²) in [6, 6.07) is 8.14. The van der Waals surface area contributed by atoms with Crippen molar-refractivity contribution >= 4 is 39.1 Å². The summed E-state index contributed by atoms with van der Waals surface area (Å²) in [5, 5.41) is 11.5. The van der Waals surface area contributed by atoms with Crippen LogP contribution in [0, 0.1) is 10.1 Å². The largest absolute Gasteiger partial charge is 0.405 e. The number of rotatable bonds is 4. The van der Waals surface area contributed by atoms with Gasteiger partial charge < -0.3 is 0 Å². The molecule has 1 aliphatic heterocycles. The van der Waals surface area contributed by atoms with Gasteiger partial charge in [-0.05, 0) is 29.3 Å². The molecule has 1 aromatic carbocycles. The van der Waals surface area contributed by atoms with E-state index in [0.29, 0.717) is 17.4 Å². The number of hydrogen-bond acceptors (Lipinski definition) is 5. The van der Waals surface area contributed by atoms with Crippen LogP contribution in [0.25, 0.3) is 0 Å². The minimum Gasteiger partial charge on any atom is -0.266 e. The highest BCUT2D eigenvalue weighted by atomic mass is 35.5. The standard InChI is InChI=1S/C11H11ClN2O4S2/c1-13(9-5-3-2-4-6-9)20(17,18)11(14(15)16)10(12)7-8-19-11/h2-8,10H,1H3. The lowest BCUT2D eigenvalue weighted by Crippen LogP contribution is -2.53. The maximum absolute atomic E-state index is 12.6. The summed E-state index contributed by atoms with van der Waals surface area (Å²) in [7, 11) is -3.02. The first-order valence-electron chi connectivity index (χ1n) is 5.50. The number of halogens is 1. The van der Waals surface area contributed by atoms with Gasteiger partial charge in [-0.1, -0.05) is 24.3 Å². The number of benzene rings is 1. The second kappa shape index (κ2) is 5.27. The van der Waals surface area contributed by atoms with Gasteiger partial charge in [-0.15, -0.1) is 11.6 Å². The smallest absolute Gasteiger partial charge is 0.266 e. The zero-order valence-corrected chi connectivity index (χ0v) is 12.7. The Hall–Kier alpha value is -1.25. The topological polar surface area (TPSA) is 80.5 Å². The van der Waals surface area contributed by atoms with Gasteiger partial charge in [0, 0.05) is 7.05 Å². The Morgan fingerprint density at radius 3 is 2.45 bits per heavy atom. The van der Waals surface area contributed by atoms with Crippen LogP contribution < -0.4 is 4.31 Å². The summed E-state index contributed by atoms with van der Waals surface area (Å²) < 4.78 is 23.9. The molecule has 1 aromatic rings. The fraction of sp³-hybridized carbons (Fsp3) is 0.273. The van der Waals surface area contributed by atoms with Crippen LogP contribution >= 0.6 is 23.4 Å². The number of para-hydroxylation sites is 1. The molecule has 0 aromatic heterocycles. The first-order valence-corrected chi connectivity index (χ1v) is 8.26. The van der Waals surface area contributed by atoms with E-state index in [0.717, 1.165) is 4.31 Å². The molecule has 2 rings (SSSR count). The quantitative estimate of drug-likeness (QED) is 0.479. The Balaban J connectivity index is 2.51. The minimum atomic E-state index is -4.30. The maximum atomic E-state index is 12.6. The van der Waals surface area contributed by atoms with Crippen LogP contribution in [0.3, 0.4) is 0 Å². The molecule has 108 valence electrons. The van der Waals surface area contributed by atoms with Gasteiger partial charge in [0.2, 0.25) is 0 Å². The van der Waals surface area contributed by atoms with E-state index in [4.69, 9.17) is 11.6 Å². The van der Waals surface area contributed by atoms with Crippen LogP contribution in [0.15, 0.2) is 41.8 Å². The van der Waals surface area contributed by atoms with Crippen LogP contribution in [-0.2, 0) is 10.0 Å². The lowest BCUT2D eigenvalue weighted by atomic mass is 10.3. The van der Waals surface area contributed by atoms with Crippen molar-refractivity contribution in [2.75, 3.05) is 11.4 Å². The Labute approximate surface area is 125 Å². The van der Waals surface area contributed by atoms with Crippen LogP contribution in [0.1, 0.15) is 0 Å². The first kappa shape index (κ1) is 15.1. The number of thioether (sulfide) groups is 1. The Bertz CT molecular complexity index is 650. The van der Waals surface area contributed by atoms with Gasteiger partial charge in [-0.2, -0.15) is 8.42 Å². The molecule has 0 N–H and O–H groups in total. The summed E-state index contributed by atoms with van der Waals surface area (Å²) in [4.78, 5) is 10.5. The summed E-state index contributed by atoms with van der Waals surface area (Å²) in [6.07, 6.45) is 1.31. The third-order valence-electron chi connectivity index (χ3n) is 2.94. The summed E-state index contributed by atoms with van der Waals surface area (Å²) in [6.45, 7) is 0. The monoisotopic (exact) mass is 334 g/mol. The second-order valence-corrected chi connectivity index (χ2v) is 8.02. The molecule has 0 fully saturated rings. The Kier molecular flexibility index (Phi) is 3.99. The fourth-order valence-corrected chi connectivity index (χ4v) is 5.59. The summed E-state index contributed by atoms with van der Waals surface area (Å²) >= 11 is 6.49. The van der Waals surface area contributed by atoms with E-state index in [9.17, 15) is 18.5 Å². The molecule has 1 aliphatic rings. The van der Waals surface area contributed by atoms with E-state index in [1.54, 1.807) is 30.3 Å². The molecule has 0 saturated heterocycles. The van der Waals surface area contributed by atoms with Gasteiger partial charge in [-0.25, -0.2) is 0 Å². The van der Waals surface area contributed by atoms with E-state index in [1.165, 1.54) is 18.5 Å². The highest BCUT2D eigenvalue weighted by Gasteiger charge is 2.65. The van der Waals surface area contributed by atoms with Crippen molar-refractivity contribution in [1.82, 2.24) is 0 Å². The predicted octanol–water partition coefficient (Wildman–Crippen LogP) is 2.25. The summed E-state index contributed by atoms with van der Waals surface area (Å²) in [5.41, 5.74) is 0.338. The van der Waals surface area contributed by atoms with E-state index >= 15 is 0 Å². The number of nitrogens with zero attached hydrogens (tertiary/aromatic N) is 2. The average Bonchev–Trinajstić information content (AvgIpc) is 2.82. The van der Waals surface area contributed by atoms with Gasteiger partial charge in [-0.3, -0.25) is 14.4 Å². The van der Waals surface area contributed by atoms with Crippen molar-refractivity contribution in [3.05, 3.63) is 51.9 Å². The van der Waals surface area contributed by atoms with Gasteiger partial charge in [0.15, 0.2) is 5.38 Å². The molecule has 0 saturated carbocycles. The molecule has 0 spiro atoms. The molecule has 0 aliphatic carbocycles. The lowest BCUT2D eigenvalue weighted by Gasteiger charge is -2.28. The molecule has 9 heteroatoms. The third-order valence-corrected chi connectivity index (χ3v) is 7.69. The molecule has 0 radical (unpaired) electrons. The Morgan fingerprint density at radius 2 is 2.00 bits per heavy atom. The zero-order valence-electron chi connectivity index (χ0n) is 10.3. The van der Waals surface area contributed by atoms with Crippen molar-refractivity contribution in [3.63, 3.8) is 0 Å². The van der Waals surface area contributed by atoms with Gasteiger partial charge >= 0.3 is 14.2 Å². The molecular formula is C11H11ClN2O4S2. The second-order valence-electron chi connectivity index (χ2n) is 4.04. The van der Waals surface area contributed by atoms with Gasteiger partial charge in [0.1, 0.15) is 0 Å². The van der Waals surface area contributed by atoms with Crippen molar-refractivity contribution in [2.45, 2.75) is 9.58 Å². The zero-order chi connectivity index (χ0) is 15.0. The van der Waals surface area contributed by atoms with Crippen molar-refractivity contribution in [3.8, 4) is 0 Å². The fourth-order valence-electron chi connectivity index (χ4n) is 1.81. The van der Waals surface area contributed by atoms with Crippen molar-refractivity contribution in [1.29, 1.82) is 0 Å².